The van der Waals surface area contributed by atoms with Crippen LogP contribution in [0.25, 0.3) is 0 Å². The molecule has 30 heavy (non-hydrogen) atoms. The van der Waals surface area contributed by atoms with Crippen molar-refractivity contribution in [3.63, 3.8) is 0 Å². The zero-order chi connectivity index (χ0) is 21.7. The number of aliphatic hydroxyl groups is 1. The molecule has 0 bridgehead atoms. The number of benzene rings is 3. The first kappa shape index (κ1) is 22.3. The summed E-state index contributed by atoms with van der Waals surface area (Å²) in [4.78, 5) is 2.13. The number of nitrogens with zero attached hydrogens (tertiary/aromatic N) is 1. The molecule has 0 aliphatic rings. The van der Waals surface area contributed by atoms with Gasteiger partial charge in [-0.1, -0.05) is 48.0 Å². The van der Waals surface area contributed by atoms with Crippen LogP contribution in [-0.4, -0.2) is 32.7 Å². The summed E-state index contributed by atoms with van der Waals surface area (Å²) >= 11 is 5.83. The van der Waals surface area contributed by atoms with Gasteiger partial charge in [-0.3, -0.25) is 0 Å². The second kappa shape index (κ2) is 9.62. The molecule has 0 amide bonds. The van der Waals surface area contributed by atoms with Gasteiger partial charge in [-0.15, -0.1) is 0 Å². The number of para-hydroxylation sites is 2. The molecule has 3 rings (SSSR count). The van der Waals surface area contributed by atoms with Gasteiger partial charge in [-0.25, -0.2) is 13.1 Å². The van der Waals surface area contributed by atoms with Crippen LogP contribution < -0.4 is 9.62 Å². The summed E-state index contributed by atoms with van der Waals surface area (Å²) in [5.74, 6) is 0. The van der Waals surface area contributed by atoms with Gasteiger partial charge in [0.15, 0.2) is 0 Å². The Morgan fingerprint density at radius 2 is 1.40 bits per heavy atom. The Labute approximate surface area is 183 Å². The number of nitrogens with one attached hydrogen (secondary N) is 1. The number of aryl methyl sites for hydroxylation is 2. The molecule has 3 aromatic rings. The van der Waals surface area contributed by atoms with E-state index < -0.39 is 16.1 Å². The molecule has 0 fully saturated rings. The SMILES string of the molecule is Cc1ccccc1N(CC(O)CNS(=O)(=O)c1ccc(Cl)cc1)c1ccccc1C. The molecule has 2 N–H and O–H groups in total. The summed E-state index contributed by atoms with van der Waals surface area (Å²) in [7, 11) is -3.74. The molecular weight excluding hydrogens is 420 g/mol. The van der Waals surface area contributed by atoms with Crippen LogP contribution in [-0.2, 0) is 10.0 Å². The number of sulfonamides is 1. The highest BCUT2D eigenvalue weighted by Crippen LogP contribution is 2.30. The van der Waals surface area contributed by atoms with Crippen LogP contribution >= 0.6 is 11.6 Å². The molecule has 7 heteroatoms. The summed E-state index contributed by atoms with van der Waals surface area (Å²) in [5.41, 5.74) is 4.06. The Balaban J connectivity index is 1.79. The fourth-order valence-corrected chi connectivity index (χ4v) is 4.44. The monoisotopic (exact) mass is 444 g/mol. The molecule has 0 radical (unpaired) electrons. The van der Waals surface area contributed by atoms with Crippen molar-refractivity contribution in [2.75, 3.05) is 18.0 Å². The van der Waals surface area contributed by atoms with Gasteiger partial charge >= 0.3 is 0 Å². The van der Waals surface area contributed by atoms with Crippen molar-refractivity contribution in [3.8, 4) is 0 Å². The van der Waals surface area contributed by atoms with E-state index in [0.717, 1.165) is 22.5 Å². The molecule has 0 aromatic heterocycles. The Hall–Kier alpha value is -2.38. The van der Waals surface area contributed by atoms with E-state index in [4.69, 9.17) is 11.6 Å². The lowest BCUT2D eigenvalue weighted by Gasteiger charge is -2.30. The molecule has 158 valence electrons. The second-order valence-electron chi connectivity index (χ2n) is 7.14. The van der Waals surface area contributed by atoms with Crippen molar-refractivity contribution in [1.29, 1.82) is 0 Å². The van der Waals surface area contributed by atoms with E-state index in [1.807, 2.05) is 67.3 Å². The summed E-state index contributed by atoms with van der Waals surface area (Å²) in [5, 5.41) is 11.1. The molecule has 0 saturated carbocycles. The average molecular weight is 445 g/mol. The summed E-state index contributed by atoms with van der Waals surface area (Å²) < 4.78 is 27.5. The molecule has 1 atom stereocenters. The van der Waals surface area contributed by atoms with E-state index in [-0.39, 0.29) is 18.0 Å². The van der Waals surface area contributed by atoms with Crippen LogP contribution in [0.2, 0.25) is 5.02 Å². The smallest absolute Gasteiger partial charge is 0.240 e. The fraction of sp³-hybridized carbons (Fsp3) is 0.217. The predicted molar refractivity (Wildman–Crippen MR) is 122 cm³/mol. The van der Waals surface area contributed by atoms with Crippen LogP contribution in [0.15, 0.2) is 77.7 Å². The molecule has 0 spiro atoms. The summed E-state index contributed by atoms with van der Waals surface area (Å²) in [6, 6.07) is 21.7. The number of halogens is 1. The van der Waals surface area contributed by atoms with Crippen molar-refractivity contribution in [3.05, 3.63) is 88.9 Å². The molecule has 0 saturated heterocycles. The maximum atomic E-state index is 12.5. The van der Waals surface area contributed by atoms with Gasteiger partial charge in [0.05, 0.1) is 17.5 Å². The van der Waals surface area contributed by atoms with E-state index in [1.54, 1.807) is 0 Å². The number of rotatable bonds is 8. The Morgan fingerprint density at radius 3 is 1.90 bits per heavy atom. The Kier molecular flexibility index (Phi) is 7.15. The normalized spacial score (nSPS) is 12.5. The largest absolute Gasteiger partial charge is 0.390 e. The van der Waals surface area contributed by atoms with E-state index >= 15 is 0 Å². The lowest BCUT2D eigenvalue weighted by Crippen LogP contribution is -2.39. The lowest BCUT2D eigenvalue weighted by atomic mass is 10.1. The molecule has 3 aromatic carbocycles. The predicted octanol–water partition coefficient (Wildman–Crippen LogP) is 4.43. The standard InChI is InChI=1S/C23H25ClN2O3S/c1-17-7-3-5-9-22(17)26(23-10-6-4-8-18(23)2)16-20(27)15-25-30(28,29)21-13-11-19(24)12-14-21/h3-14,20,25,27H,15-16H2,1-2H3. The molecule has 0 heterocycles. The number of aliphatic hydroxyl groups excluding tert-OH is 1. The number of hydrogen-bond donors (Lipinski definition) is 2. The maximum Gasteiger partial charge on any atom is 0.240 e. The van der Waals surface area contributed by atoms with Gasteiger partial charge < -0.3 is 10.0 Å². The molecule has 5 nitrogen and oxygen atoms in total. The third-order valence-corrected chi connectivity index (χ3v) is 6.53. The number of anilines is 2. The van der Waals surface area contributed by atoms with Crippen LogP contribution in [0.3, 0.4) is 0 Å². The van der Waals surface area contributed by atoms with Crippen molar-refractivity contribution < 1.29 is 13.5 Å². The van der Waals surface area contributed by atoms with Gasteiger partial charge in [0.2, 0.25) is 10.0 Å². The van der Waals surface area contributed by atoms with Gasteiger partial charge in [0.25, 0.3) is 0 Å². The van der Waals surface area contributed by atoms with E-state index in [9.17, 15) is 13.5 Å². The molecular formula is C23H25ClN2O3S. The van der Waals surface area contributed by atoms with Crippen molar-refractivity contribution in [2.45, 2.75) is 24.8 Å². The molecule has 1 unspecified atom stereocenters. The highest BCUT2D eigenvalue weighted by atomic mass is 35.5. The van der Waals surface area contributed by atoms with Crippen LogP contribution in [0.5, 0.6) is 0 Å². The fourth-order valence-electron chi connectivity index (χ4n) is 3.24. The Morgan fingerprint density at radius 1 is 0.900 bits per heavy atom. The topological polar surface area (TPSA) is 69.6 Å². The zero-order valence-electron chi connectivity index (χ0n) is 16.9. The number of hydrogen-bond acceptors (Lipinski definition) is 4. The average Bonchev–Trinajstić information content (AvgIpc) is 2.72. The van der Waals surface area contributed by atoms with Crippen LogP contribution in [0.4, 0.5) is 11.4 Å². The minimum atomic E-state index is -3.74. The quantitative estimate of drug-likeness (QED) is 0.539. The van der Waals surface area contributed by atoms with Crippen molar-refractivity contribution in [1.82, 2.24) is 4.72 Å². The zero-order valence-corrected chi connectivity index (χ0v) is 18.5. The van der Waals surface area contributed by atoms with Crippen molar-refractivity contribution >= 4 is 33.0 Å². The lowest BCUT2D eigenvalue weighted by molar-refractivity contribution is 0.186. The highest BCUT2D eigenvalue weighted by molar-refractivity contribution is 7.89. The summed E-state index contributed by atoms with van der Waals surface area (Å²) in [6.07, 6.45) is -0.925. The first-order valence-corrected chi connectivity index (χ1v) is 11.5. The molecule has 0 aliphatic heterocycles. The first-order valence-electron chi connectivity index (χ1n) is 9.60. The van der Waals surface area contributed by atoms with Gasteiger partial charge in [0.1, 0.15) is 0 Å². The highest BCUT2D eigenvalue weighted by Gasteiger charge is 2.20. The minimum Gasteiger partial charge on any atom is -0.390 e. The second-order valence-corrected chi connectivity index (χ2v) is 9.35. The van der Waals surface area contributed by atoms with Gasteiger partial charge in [-0.2, -0.15) is 0 Å². The van der Waals surface area contributed by atoms with E-state index in [1.165, 1.54) is 24.3 Å². The van der Waals surface area contributed by atoms with Crippen molar-refractivity contribution in [2.24, 2.45) is 0 Å². The first-order chi connectivity index (χ1) is 14.3. The van der Waals surface area contributed by atoms with E-state index in [0.29, 0.717) is 5.02 Å². The minimum absolute atomic E-state index is 0.105. The Bertz CT molecular complexity index is 1060. The van der Waals surface area contributed by atoms with Gasteiger partial charge in [-0.05, 0) is 61.4 Å². The van der Waals surface area contributed by atoms with Crippen LogP contribution in [0.1, 0.15) is 11.1 Å². The van der Waals surface area contributed by atoms with E-state index in [2.05, 4.69) is 4.72 Å². The summed E-state index contributed by atoms with van der Waals surface area (Å²) in [6.45, 7) is 4.14. The third-order valence-electron chi connectivity index (χ3n) is 4.84. The van der Waals surface area contributed by atoms with Gasteiger partial charge in [0, 0.05) is 22.9 Å². The van der Waals surface area contributed by atoms with Crippen LogP contribution in [0, 0.1) is 13.8 Å². The maximum absolute atomic E-state index is 12.5. The third kappa shape index (κ3) is 5.40. The molecule has 0 aliphatic carbocycles.